The van der Waals surface area contributed by atoms with Gasteiger partial charge in [-0.2, -0.15) is 5.10 Å². The second-order valence-electron chi connectivity index (χ2n) is 9.11. The molecule has 11 heteroatoms. The largest absolute Gasteiger partial charge is 0.497 e. The number of imidazole rings is 1. The van der Waals surface area contributed by atoms with Gasteiger partial charge < -0.3 is 14.4 Å². The molecule has 4 aromatic heterocycles. The first kappa shape index (κ1) is 25.0. The second-order valence-corrected chi connectivity index (χ2v) is 11.0. The maximum Gasteiger partial charge on any atom is 0.253 e. The third-order valence-electron chi connectivity index (χ3n) is 6.05. The zero-order valence-corrected chi connectivity index (χ0v) is 23.3. The van der Waals surface area contributed by atoms with Crippen molar-refractivity contribution < 1.29 is 14.3 Å². The summed E-state index contributed by atoms with van der Waals surface area (Å²) < 4.78 is 14.4. The number of fused-ring (bicyclic) bond motifs is 2. The molecule has 0 unspecified atom stereocenters. The number of hydrogen-bond acceptors (Lipinski definition) is 9. The SMILES string of the molecule is COc1cc(OCc2csc(-c3ccc(C(=O)N(C)C)cc3)n2)c2sc(-c3cn4nc(C)ccc4n3)nc2c1. The standard InChI is InChI=1S/C28H24N6O3S2/c1-16-5-10-24-30-22(13-34(24)32-16)27-31-21-11-20(36-4)12-23(25(21)39-27)37-14-19-15-38-26(29-19)17-6-8-18(9-7-17)28(35)33(2)3/h5-13,15H,14H2,1-4H3. The van der Waals surface area contributed by atoms with Crippen molar-refractivity contribution in [3.63, 3.8) is 0 Å². The number of carbonyl (C=O) groups excluding carboxylic acids is 1. The number of thiazole rings is 2. The summed E-state index contributed by atoms with van der Waals surface area (Å²) in [5, 5.41) is 8.11. The Kier molecular flexibility index (Phi) is 6.45. The lowest BCUT2D eigenvalue weighted by molar-refractivity contribution is 0.0827. The number of methoxy groups -OCH3 is 1. The van der Waals surface area contributed by atoms with Crippen molar-refractivity contribution in [3.8, 4) is 32.8 Å². The Morgan fingerprint density at radius 1 is 1.03 bits per heavy atom. The Morgan fingerprint density at radius 2 is 1.85 bits per heavy atom. The Bertz CT molecular complexity index is 1820. The molecule has 0 atom stereocenters. The van der Waals surface area contributed by atoms with Gasteiger partial charge in [0.1, 0.15) is 33.8 Å². The molecule has 0 fully saturated rings. The highest BCUT2D eigenvalue weighted by atomic mass is 32.1. The predicted molar refractivity (Wildman–Crippen MR) is 153 cm³/mol. The van der Waals surface area contributed by atoms with Crippen LogP contribution >= 0.6 is 22.7 Å². The van der Waals surface area contributed by atoms with Gasteiger partial charge in [-0.15, -0.1) is 22.7 Å². The van der Waals surface area contributed by atoms with Gasteiger partial charge in [0, 0.05) is 42.7 Å². The van der Waals surface area contributed by atoms with Crippen molar-refractivity contribution in [2.24, 2.45) is 0 Å². The quantitative estimate of drug-likeness (QED) is 0.248. The van der Waals surface area contributed by atoms with Gasteiger partial charge in [-0.05, 0) is 31.2 Å². The van der Waals surface area contributed by atoms with Gasteiger partial charge in [-0.3, -0.25) is 4.79 Å². The molecule has 0 saturated heterocycles. The normalized spacial score (nSPS) is 11.3. The summed E-state index contributed by atoms with van der Waals surface area (Å²) in [4.78, 5) is 28.0. The van der Waals surface area contributed by atoms with E-state index in [0.29, 0.717) is 23.7 Å². The highest BCUT2D eigenvalue weighted by molar-refractivity contribution is 7.22. The molecule has 0 N–H and O–H groups in total. The Labute approximate surface area is 232 Å². The van der Waals surface area contributed by atoms with Gasteiger partial charge in [0.25, 0.3) is 5.91 Å². The average molecular weight is 557 g/mol. The van der Waals surface area contributed by atoms with Gasteiger partial charge in [0.2, 0.25) is 0 Å². The van der Waals surface area contributed by atoms with Crippen LogP contribution in [0.25, 0.3) is 37.1 Å². The lowest BCUT2D eigenvalue weighted by atomic mass is 10.1. The minimum absolute atomic E-state index is 0.0291. The van der Waals surface area contributed by atoms with Crippen LogP contribution in [0.1, 0.15) is 21.7 Å². The molecule has 0 spiro atoms. The topological polar surface area (TPSA) is 94.7 Å². The van der Waals surface area contributed by atoms with E-state index in [1.807, 2.05) is 67.0 Å². The molecule has 0 aliphatic carbocycles. The highest BCUT2D eigenvalue weighted by Crippen LogP contribution is 2.39. The number of amides is 1. The van der Waals surface area contributed by atoms with Crippen molar-refractivity contribution in [1.82, 2.24) is 29.5 Å². The number of carbonyl (C=O) groups is 1. The number of hydrogen-bond donors (Lipinski definition) is 0. The molecule has 0 aliphatic rings. The fraction of sp³-hybridized carbons (Fsp3) is 0.179. The first-order chi connectivity index (χ1) is 18.9. The second kappa shape index (κ2) is 10.1. The molecule has 6 aromatic rings. The minimum atomic E-state index is -0.0291. The molecule has 1 amide bonds. The molecule has 0 saturated carbocycles. The van der Waals surface area contributed by atoms with E-state index in [2.05, 4.69) is 10.1 Å². The van der Waals surface area contributed by atoms with Crippen LogP contribution in [0.2, 0.25) is 0 Å². The summed E-state index contributed by atoms with van der Waals surface area (Å²) in [6, 6.07) is 15.1. The van der Waals surface area contributed by atoms with E-state index in [1.54, 1.807) is 30.6 Å². The van der Waals surface area contributed by atoms with Crippen LogP contribution in [0.15, 0.2) is 60.1 Å². The zero-order chi connectivity index (χ0) is 27.1. The molecule has 0 bridgehead atoms. The molecular weight excluding hydrogens is 532 g/mol. The molecule has 39 heavy (non-hydrogen) atoms. The minimum Gasteiger partial charge on any atom is -0.497 e. The van der Waals surface area contributed by atoms with Gasteiger partial charge in [0.15, 0.2) is 5.65 Å². The maximum absolute atomic E-state index is 12.2. The van der Waals surface area contributed by atoms with Crippen molar-refractivity contribution in [2.45, 2.75) is 13.5 Å². The van der Waals surface area contributed by atoms with Gasteiger partial charge in [0.05, 0.1) is 34.9 Å². The zero-order valence-electron chi connectivity index (χ0n) is 21.7. The molecular formula is C28H24N6O3S2. The summed E-state index contributed by atoms with van der Waals surface area (Å²) in [7, 11) is 5.10. The number of aryl methyl sites for hydroxylation is 1. The third kappa shape index (κ3) is 4.93. The predicted octanol–water partition coefficient (Wildman–Crippen LogP) is 5.73. The van der Waals surface area contributed by atoms with Crippen LogP contribution in [0.4, 0.5) is 0 Å². The number of aromatic nitrogens is 5. The van der Waals surface area contributed by atoms with Crippen LogP contribution in [-0.2, 0) is 6.61 Å². The molecule has 9 nitrogen and oxygen atoms in total. The van der Waals surface area contributed by atoms with E-state index in [0.717, 1.165) is 48.5 Å². The molecule has 2 aromatic carbocycles. The highest BCUT2D eigenvalue weighted by Gasteiger charge is 2.17. The van der Waals surface area contributed by atoms with Crippen molar-refractivity contribution in [1.29, 1.82) is 0 Å². The lowest BCUT2D eigenvalue weighted by Crippen LogP contribution is -2.21. The van der Waals surface area contributed by atoms with Gasteiger partial charge >= 0.3 is 0 Å². The molecule has 6 rings (SSSR count). The Morgan fingerprint density at radius 3 is 2.62 bits per heavy atom. The summed E-state index contributed by atoms with van der Waals surface area (Å²) in [6.45, 7) is 2.24. The van der Waals surface area contributed by atoms with E-state index < -0.39 is 0 Å². The van der Waals surface area contributed by atoms with Crippen LogP contribution in [-0.4, -0.2) is 56.6 Å². The van der Waals surface area contributed by atoms with E-state index in [-0.39, 0.29) is 5.91 Å². The van der Waals surface area contributed by atoms with Gasteiger partial charge in [-0.1, -0.05) is 12.1 Å². The summed E-state index contributed by atoms with van der Waals surface area (Å²) in [5.74, 6) is 1.30. The number of benzene rings is 2. The van der Waals surface area contributed by atoms with E-state index in [4.69, 9.17) is 19.4 Å². The monoisotopic (exact) mass is 556 g/mol. The van der Waals surface area contributed by atoms with Crippen LogP contribution < -0.4 is 9.47 Å². The summed E-state index contributed by atoms with van der Waals surface area (Å²) in [6.07, 6.45) is 1.89. The summed E-state index contributed by atoms with van der Waals surface area (Å²) >= 11 is 3.05. The molecule has 196 valence electrons. The number of ether oxygens (including phenoxy) is 2. The fourth-order valence-corrected chi connectivity index (χ4v) is 5.84. The van der Waals surface area contributed by atoms with E-state index in [9.17, 15) is 4.79 Å². The van der Waals surface area contributed by atoms with E-state index >= 15 is 0 Å². The molecule has 0 radical (unpaired) electrons. The van der Waals surface area contributed by atoms with Crippen LogP contribution in [0.5, 0.6) is 11.5 Å². The molecule has 4 heterocycles. The van der Waals surface area contributed by atoms with Crippen molar-refractivity contribution >= 4 is 44.4 Å². The Balaban J connectivity index is 1.24. The Hall–Kier alpha value is -4.35. The van der Waals surface area contributed by atoms with E-state index in [1.165, 1.54) is 22.7 Å². The average Bonchev–Trinajstić information content (AvgIpc) is 3.69. The fourth-order valence-electron chi connectivity index (χ4n) is 4.06. The van der Waals surface area contributed by atoms with Crippen molar-refractivity contribution in [2.75, 3.05) is 21.2 Å². The number of rotatable bonds is 7. The lowest BCUT2D eigenvalue weighted by Gasteiger charge is -2.10. The number of nitrogens with zero attached hydrogens (tertiary/aromatic N) is 6. The first-order valence-corrected chi connectivity index (χ1v) is 13.8. The third-order valence-corrected chi connectivity index (χ3v) is 8.10. The molecule has 0 aliphatic heterocycles. The van der Waals surface area contributed by atoms with Crippen LogP contribution in [0, 0.1) is 6.92 Å². The first-order valence-electron chi connectivity index (χ1n) is 12.1. The van der Waals surface area contributed by atoms with Gasteiger partial charge in [-0.25, -0.2) is 19.5 Å². The van der Waals surface area contributed by atoms with Crippen LogP contribution in [0.3, 0.4) is 0 Å². The summed E-state index contributed by atoms with van der Waals surface area (Å²) in [5.41, 5.74) is 5.61. The smallest absolute Gasteiger partial charge is 0.253 e. The van der Waals surface area contributed by atoms with Crippen molar-refractivity contribution in [3.05, 3.63) is 77.1 Å². The maximum atomic E-state index is 12.2.